The van der Waals surface area contributed by atoms with E-state index in [0.717, 1.165) is 31.5 Å². The molecule has 1 aliphatic rings. The van der Waals surface area contributed by atoms with Crippen molar-refractivity contribution in [1.29, 1.82) is 0 Å². The van der Waals surface area contributed by atoms with Crippen LogP contribution < -0.4 is 10.6 Å². The van der Waals surface area contributed by atoms with Crippen LogP contribution in [0.15, 0.2) is 12.1 Å². The van der Waals surface area contributed by atoms with E-state index in [0.29, 0.717) is 0 Å². The molecule has 6 heteroatoms. The van der Waals surface area contributed by atoms with Crippen molar-refractivity contribution in [3.05, 3.63) is 28.0 Å². The third kappa shape index (κ3) is 3.38. The van der Waals surface area contributed by atoms with E-state index >= 15 is 0 Å². The largest absolute Gasteiger partial charge is 0.322 e. The van der Waals surface area contributed by atoms with Gasteiger partial charge >= 0.3 is 0 Å². The standard InChI is InChI=1S/C13H15Cl2FN2O/c1-7-3-2-4-17-11(7)13(19)18-12-9(14)5-8(16)6-10(12)15/h5-7,11,17H,2-4H2,1H3,(H,18,19). The van der Waals surface area contributed by atoms with Crippen LogP contribution in [0, 0.1) is 11.7 Å². The highest BCUT2D eigenvalue weighted by Gasteiger charge is 2.28. The van der Waals surface area contributed by atoms with Crippen LogP contribution in [0.2, 0.25) is 10.0 Å². The Bertz CT molecular complexity index is 473. The molecule has 104 valence electrons. The van der Waals surface area contributed by atoms with Gasteiger partial charge in [-0.25, -0.2) is 4.39 Å². The van der Waals surface area contributed by atoms with Crippen molar-refractivity contribution in [2.24, 2.45) is 5.92 Å². The molecule has 0 aromatic heterocycles. The second-order valence-corrected chi connectivity index (χ2v) is 5.60. The molecule has 0 radical (unpaired) electrons. The third-order valence-corrected chi connectivity index (χ3v) is 3.90. The Morgan fingerprint density at radius 1 is 1.42 bits per heavy atom. The molecule has 1 aromatic rings. The van der Waals surface area contributed by atoms with Gasteiger partial charge in [-0.2, -0.15) is 0 Å². The Morgan fingerprint density at radius 2 is 2.05 bits per heavy atom. The van der Waals surface area contributed by atoms with Crippen molar-refractivity contribution in [2.75, 3.05) is 11.9 Å². The fourth-order valence-electron chi connectivity index (χ4n) is 2.26. The van der Waals surface area contributed by atoms with Crippen LogP contribution in [0.25, 0.3) is 0 Å². The van der Waals surface area contributed by atoms with Gasteiger partial charge in [0.1, 0.15) is 5.82 Å². The average Bonchev–Trinajstić information content (AvgIpc) is 2.34. The second kappa shape index (κ2) is 6.07. The van der Waals surface area contributed by atoms with Crippen molar-refractivity contribution in [1.82, 2.24) is 5.32 Å². The number of rotatable bonds is 2. The quantitative estimate of drug-likeness (QED) is 0.878. The Balaban J connectivity index is 2.14. The molecule has 1 amide bonds. The third-order valence-electron chi connectivity index (χ3n) is 3.31. The van der Waals surface area contributed by atoms with Crippen molar-refractivity contribution in [3.63, 3.8) is 0 Å². The number of hydrogen-bond donors (Lipinski definition) is 2. The number of hydrogen-bond acceptors (Lipinski definition) is 2. The molecule has 1 aromatic carbocycles. The molecule has 1 aliphatic heterocycles. The second-order valence-electron chi connectivity index (χ2n) is 4.78. The van der Waals surface area contributed by atoms with E-state index in [1.807, 2.05) is 6.92 Å². The Hall–Kier alpha value is -0.840. The van der Waals surface area contributed by atoms with Gasteiger partial charge in [-0.3, -0.25) is 4.79 Å². The van der Waals surface area contributed by atoms with E-state index < -0.39 is 5.82 Å². The summed E-state index contributed by atoms with van der Waals surface area (Å²) in [7, 11) is 0. The molecule has 2 N–H and O–H groups in total. The van der Waals surface area contributed by atoms with Gasteiger partial charge in [-0.15, -0.1) is 0 Å². The maximum absolute atomic E-state index is 13.1. The molecule has 1 saturated heterocycles. The lowest BCUT2D eigenvalue weighted by atomic mass is 9.92. The van der Waals surface area contributed by atoms with Crippen LogP contribution >= 0.6 is 23.2 Å². The van der Waals surface area contributed by atoms with E-state index in [1.54, 1.807) is 0 Å². The van der Waals surface area contributed by atoms with Crippen LogP contribution in [0.5, 0.6) is 0 Å². The Morgan fingerprint density at radius 3 is 2.63 bits per heavy atom. The first-order chi connectivity index (χ1) is 8.99. The number of carbonyl (C=O) groups is 1. The number of carbonyl (C=O) groups excluding carboxylic acids is 1. The number of halogens is 3. The van der Waals surface area contributed by atoms with Gasteiger partial charge in [0.25, 0.3) is 0 Å². The normalized spacial score (nSPS) is 23.2. The van der Waals surface area contributed by atoms with E-state index in [4.69, 9.17) is 23.2 Å². The minimum atomic E-state index is -0.530. The molecular weight excluding hydrogens is 290 g/mol. The van der Waals surface area contributed by atoms with Gasteiger partial charge in [-0.05, 0) is 37.4 Å². The van der Waals surface area contributed by atoms with Crippen LogP contribution in [-0.4, -0.2) is 18.5 Å². The summed E-state index contributed by atoms with van der Waals surface area (Å²) in [5.41, 5.74) is 0.259. The predicted octanol–water partition coefficient (Wildman–Crippen LogP) is 3.46. The molecule has 0 aliphatic carbocycles. The van der Waals surface area contributed by atoms with Gasteiger partial charge in [-0.1, -0.05) is 30.1 Å². The Labute approximate surface area is 121 Å². The lowest BCUT2D eigenvalue weighted by Gasteiger charge is -2.29. The SMILES string of the molecule is CC1CCCNC1C(=O)Nc1c(Cl)cc(F)cc1Cl. The van der Waals surface area contributed by atoms with Crippen molar-refractivity contribution in [3.8, 4) is 0 Å². The zero-order valence-corrected chi connectivity index (χ0v) is 12.0. The van der Waals surface area contributed by atoms with E-state index in [1.165, 1.54) is 0 Å². The number of piperidine rings is 1. The summed E-state index contributed by atoms with van der Waals surface area (Å²) in [6, 6.07) is 1.98. The summed E-state index contributed by atoms with van der Waals surface area (Å²) in [5.74, 6) is -0.480. The van der Waals surface area contributed by atoms with Gasteiger partial charge < -0.3 is 10.6 Å². The van der Waals surface area contributed by atoms with E-state index in [2.05, 4.69) is 10.6 Å². The average molecular weight is 305 g/mol. The molecule has 0 spiro atoms. The first-order valence-corrected chi connectivity index (χ1v) is 6.93. The smallest absolute Gasteiger partial charge is 0.241 e. The molecule has 0 bridgehead atoms. The number of benzene rings is 1. The highest BCUT2D eigenvalue weighted by atomic mass is 35.5. The maximum atomic E-state index is 13.1. The summed E-state index contributed by atoms with van der Waals surface area (Å²) >= 11 is 11.8. The van der Waals surface area contributed by atoms with Gasteiger partial charge in [0.2, 0.25) is 5.91 Å². The van der Waals surface area contributed by atoms with E-state index in [9.17, 15) is 9.18 Å². The van der Waals surface area contributed by atoms with E-state index in [-0.39, 0.29) is 33.6 Å². The fourth-order valence-corrected chi connectivity index (χ4v) is 2.82. The zero-order valence-electron chi connectivity index (χ0n) is 10.5. The lowest BCUT2D eigenvalue weighted by molar-refractivity contribution is -0.119. The minimum Gasteiger partial charge on any atom is -0.322 e. The summed E-state index contributed by atoms with van der Waals surface area (Å²) in [5, 5.41) is 6.04. The summed E-state index contributed by atoms with van der Waals surface area (Å²) in [4.78, 5) is 12.2. The van der Waals surface area contributed by atoms with Crippen LogP contribution in [0.4, 0.5) is 10.1 Å². The molecule has 3 nitrogen and oxygen atoms in total. The highest BCUT2D eigenvalue weighted by Crippen LogP contribution is 2.32. The summed E-state index contributed by atoms with van der Waals surface area (Å²) in [6.45, 7) is 2.83. The molecule has 19 heavy (non-hydrogen) atoms. The van der Waals surface area contributed by atoms with Gasteiger partial charge in [0.15, 0.2) is 0 Å². The fraction of sp³-hybridized carbons (Fsp3) is 0.462. The topological polar surface area (TPSA) is 41.1 Å². The van der Waals surface area contributed by atoms with Gasteiger partial charge in [0, 0.05) is 0 Å². The van der Waals surface area contributed by atoms with Crippen molar-refractivity contribution >= 4 is 34.8 Å². The predicted molar refractivity (Wildman–Crippen MR) is 75.2 cm³/mol. The maximum Gasteiger partial charge on any atom is 0.241 e. The number of nitrogens with one attached hydrogen (secondary N) is 2. The molecular formula is C13H15Cl2FN2O. The Kier molecular flexibility index (Phi) is 4.66. The van der Waals surface area contributed by atoms with Crippen LogP contribution in [0.3, 0.4) is 0 Å². The van der Waals surface area contributed by atoms with Crippen LogP contribution in [0.1, 0.15) is 19.8 Å². The number of anilines is 1. The molecule has 2 rings (SSSR count). The molecule has 2 unspecified atom stereocenters. The van der Waals surface area contributed by atoms with Crippen LogP contribution in [-0.2, 0) is 4.79 Å². The molecule has 1 heterocycles. The zero-order chi connectivity index (χ0) is 14.0. The summed E-state index contributed by atoms with van der Waals surface area (Å²) < 4.78 is 13.1. The lowest BCUT2D eigenvalue weighted by Crippen LogP contribution is -2.48. The monoisotopic (exact) mass is 304 g/mol. The first kappa shape index (κ1) is 14.6. The molecule has 1 fully saturated rings. The highest BCUT2D eigenvalue weighted by molar-refractivity contribution is 6.39. The van der Waals surface area contributed by atoms with Crippen molar-refractivity contribution < 1.29 is 9.18 Å². The minimum absolute atomic E-state index is 0.0989. The molecule has 2 atom stereocenters. The van der Waals surface area contributed by atoms with Gasteiger partial charge in [0.05, 0.1) is 21.8 Å². The summed E-state index contributed by atoms with van der Waals surface area (Å²) in [6.07, 6.45) is 2.05. The molecule has 0 saturated carbocycles. The first-order valence-electron chi connectivity index (χ1n) is 6.18. The number of amides is 1. The van der Waals surface area contributed by atoms with Crippen molar-refractivity contribution in [2.45, 2.75) is 25.8 Å².